The lowest BCUT2D eigenvalue weighted by Gasteiger charge is -2.35. The average Bonchev–Trinajstić information content (AvgIpc) is 2.90. The standard InChI is InChI=1S/C16H21N3O/c1-3-18-10-6-7-13(18)11-19-12(2)14-8-4-5-9-15(14)17-16(19)20/h4-5,8-9,13H,2-3,6-7,10-11H2,1H3,(H,17,20). The minimum Gasteiger partial charge on any atom is -0.307 e. The van der Waals surface area contributed by atoms with Crippen LogP contribution in [0.5, 0.6) is 0 Å². The van der Waals surface area contributed by atoms with Crippen molar-refractivity contribution in [3.63, 3.8) is 0 Å². The molecule has 4 heteroatoms. The van der Waals surface area contributed by atoms with E-state index < -0.39 is 0 Å². The number of likely N-dealkylation sites (tertiary alicyclic amines) is 1. The van der Waals surface area contributed by atoms with Gasteiger partial charge in [-0.2, -0.15) is 0 Å². The Morgan fingerprint density at radius 3 is 3.00 bits per heavy atom. The number of anilines is 1. The Morgan fingerprint density at radius 2 is 2.20 bits per heavy atom. The van der Waals surface area contributed by atoms with Gasteiger partial charge in [-0.05, 0) is 32.0 Å². The highest BCUT2D eigenvalue weighted by molar-refractivity contribution is 6.02. The number of amides is 2. The van der Waals surface area contributed by atoms with Crippen molar-refractivity contribution in [3.05, 3.63) is 36.4 Å². The number of nitrogens with zero attached hydrogens (tertiary/aromatic N) is 2. The Morgan fingerprint density at radius 1 is 1.40 bits per heavy atom. The van der Waals surface area contributed by atoms with E-state index in [-0.39, 0.29) is 6.03 Å². The van der Waals surface area contributed by atoms with E-state index in [4.69, 9.17) is 0 Å². The molecule has 0 aliphatic carbocycles. The zero-order valence-electron chi connectivity index (χ0n) is 11.9. The van der Waals surface area contributed by atoms with Crippen molar-refractivity contribution in [2.45, 2.75) is 25.8 Å². The van der Waals surface area contributed by atoms with Gasteiger partial charge >= 0.3 is 6.03 Å². The third-order valence-corrected chi connectivity index (χ3v) is 4.35. The molecule has 3 rings (SSSR count). The fraction of sp³-hybridized carbons (Fsp3) is 0.438. The zero-order valence-corrected chi connectivity index (χ0v) is 11.9. The summed E-state index contributed by atoms with van der Waals surface area (Å²) in [7, 11) is 0. The molecule has 1 fully saturated rings. The number of carbonyl (C=O) groups is 1. The van der Waals surface area contributed by atoms with Gasteiger partial charge in [-0.15, -0.1) is 0 Å². The molecule has 0 radical (unpaired) electrons. The number of hydrogen-bond acceptors (Lipinski definition) is 2. The Labute approximate surface area is 120 Å². The van der Waals surface area contributed by atoms with Gasteiger partial charge < -0.3 is 5.32 Å². The van der Waals surface area contributed by atoms with Crippen LogP contribution in [0.15, 0.2) is 30.8 Å². The quantitative estimate of drug-likeness (QED) is 0.917. The number of carbonyl (C=O) groups excluding carboxylic acids is 1. The Balaban J connectivity index is 1.81. The van der Waals surface area contributed by atoms with Crippen LogP contribution in [0.1, 0.15) is 25.3 Å². The highest BCUT2D eigenvalue weighted by atomic mass is 16.2. The minimum absolute atomic E-state index is 0.0587. The molecule has 2 aliphatic rings. The summed E-state index contributed by atoms with van der Waals surface area (Å²) in [5, 5.41) is 2.95. The summed E-state index contributed by atoms with van der Waals surface area (Å²) in [6.07, 6.45) is 2.38. The maximum absolute atomic E-state index is 12.3. The fourth-order valence-electron chi connectivity index (χ4n) is 3.22. The molecule has 1 atom stereocenters. The Hall–Kier alpha value is -1.81. The van der Waals surface area contributed by atoms with Gasteiger partial charge in [0.05, 0.1) is 5.69 Å². The summed E-state index contributed by atoms with van der Waals surface area (Å²) in [5.74, 6) is 0. The predicted molar refractivity (Wildman–Crippen MR) is 81.5 cm³/mol. The SMILES string of the molecule is C=C1c2ccccc2NC(=O)N1CC1CCCN1CC. The summed E-state index contributed by atoms with van der Waals surface area (Å²) in [6.45, 7) is 9.22. The minimum atomic E-state index is -0.0587. The number of likely N-dealkylation sites (N-methyl/N-ethyl adjacent to an activating group) is 1. The van der Waals surface area contributed by atoms with Crippen molar-refractivity contribution < 1.29 is 4.79 Å². The number of benzene rings is 1. The number of nitrogens with one attached hydrogen (secondary N) is 1. The fourth-order valence-corrected chi connectivity index (χ4v) is 3.22. The molecular weight excluding hydrogens is 250 g/mol. The molecule has 1 unspecified atom stereocenters. The van der Waals surface area contributed by atoms with Crippen molar-refractivity contribution in [3.8, 4) is 0 Å². The molecule has 20 heavy (non-hydrogen) atoms. The summed E-state index contributed by atoms with van der Waals surface area (Å²) < 4.78 is 0. The largest absolute Gasteiger partial charge is 0.326 e. The summed E-state index contributed by atoms with van der Waals surface area (Å²) >= 11 is 0. The van der Waals surface area contributed by atoms with Crippen molar-refractivity contribution in [2.75, 3.05) is 25.0 Å². The molecule has 1 N–H and O–H groups in total. The maximum atomic E-state index is 12.3. The van der Waals surface area contributed by atoms with Gasteiger partial charge in [0.15, 0.2) is 0 Å². The van der Waals surface area contributed by atoms with Gasteiger partial charge in [-0.3, -0.25) is 9.80 Å². The Bertz CT molecular complexity index is 540. The van der Waals surface area contributed by atoms with Crippen LogP contribution in [0.25, 0.3) is 5.70 Å². The van der Waals surface area contributed by atoms with Crippen molar-refractivity contribution >= 4 is 17.4 Å². The van der Waals surface area contributed by atoms with Crippen LogP contribution in [0.2, 0.25) is 0 Å². The Kier molecular flexibility index (Phi) is 3.49. The molecule has 1 saturated heterocycles. The molecule has 2 aliphatic heterocycles. The second-order valence-corrected chi connectivity index (χ2v) is 5.46. The first-order valence-electron chi connectivity index (χ1n) is 7.31. The molecule has 106 valence electrons. The van der Waals surface area contributed by atoms with Crippen LogP contribution in [0.4, 0.5) is 10.5 Å². The molecule has 4 nitrogen and oxygen atoms in total. The summed E-state index contributed by atoms with van der Waals surface area (Å²) in [4.78, 5) is 16.5. The first-order valence-corrected chi connectivity index (χ1v) is 7.31. The normalized spacial score (nSPS) is 22.9. The smallest absolute Gasteiger partial charge is 0.307 e. The van der Waals surface area contributed by atoms with Crippen LogP contribution in [0, 0.1) is 0 Å². The van der Waals surface area contributed by atoms with E-state index in [2.05, 4.69) is 23.7 Å². The number of para-hydroxylation sites is 1. The van der Waals surface area contributed by atoms with Gasteiger partial charge in [0.2, 0.25) is 0 Å². The second-order valence-electron chi connectivity index (χ2n) is 5.46. The highest BCUT2D eigenvalue weighted by Crippen LogP contribution is 2.31. The first-order chi connectivity index (χ1) is 9.70. The molecule has 0 bridgehead atoms. The third-order valence-electron chi connectivity index (χ3n) is 4.35. The summed E-state index contributed by atoms with van der Waals surface area (Å²) in [6, 6.07) is 8.23. The molecule has 1 aromatic rings. The van der Waals surface area contributed by atoms with Gasteiger partial charge in [0.25, 0.3) is 0 Å². The lowest BCUT2D eigenvalue weighted by Crippen LogP contribution is -2.45. The zero-order chi connectivity index (χ0) is 14.1. The topological polar surface area (TPSA) is 35.6 Å². The van der Waals surface area contributed by atoms with E-state index in [0.717, 1.165) is 43.0 Å². The van der Waals surface area contributed by atoms with Crippen LogP contribution < -0.4 is 5.32 Å². The van der Waals surface area contributed by atoms with Gasteiger partial charge in [0, 0.05) is 23.8 Å². The monoisotopic (exact) mass is 271 g/mol. The molecular formula is C16H21N3O. The molecule has 1 aromatic carbocycles. The van der Waals surface area contributed by atoms with Crippen LogP contribution >= 0.6 is 0 Å². The van der Waals surface area contributed by atoms with Crippen LogP contribution in [-0.4, -0.2) is 41.5 Å². The molecule has 0 spiro atoms. The van der Waals surface area contributed by atoms with Crippen molar-refractivity contribution in [1.82, 2.24) is 9.80 Å². The number of rotatable bonds is 3. The van der Waals surface area contributed by atoms with E-state index in [1.807, 2.05) is 24.3 Å². The molecule has 2 amide bonds. The highest BCUT2D eigenvalue weighted by Gasteiger charge is 2.31. The lowest BCUT2D eigenvalue weighted by molar-refractivity contribution is 0.203. The van der Waals surface area contributed by atoms with E-state index in [1.54, 1.807) is 4.90 Å². The van der Waals surface area contributed by atoms with Crippen LogP contribution in [0.3, 0.4) is 0 Å². The molecule has 0 aromatic heterocycles. The summed E-state index contributed by atoms with van der Waals surface area (Å²) in [5.41, 5.74) is 2.69. The second kappa shape index (κ2) is 5.29. The van der Waals surface area contributed by atoms with E-state index in [0.29, 0.717) is 6.04 Å². The lowest BCUT2D eigenvalue weighted by atomic mass is 10.1. The third kappa shape index (κ3) is 2.20. The first kappa shape index (κ1) is 13.2. The van der Waals surface area contributed by atoms with Crippen LogP contribution in [-0.2, 0) is 0 Å². The van der Waals surface area contributed by atoms with E-state index in [1.165, 1.54) is 6.42 Å². The number of urea groups is 1. The van der Waals surface area contributed by atoms with Gasteiger partial charge in [0.1, 0.15) is 0 Å². The number of fused-ring (bicyclic) bond motifs is 1. The predicted octanol–water partition coefficient (Wildman–Crippen LogP) is 2.99. The number of hydrogen-bond donors (Lipinski definition) is 1. The van der Waals surface area contributed by atoms with Crippen molar-refractivity contribution in [1.29, 1.82) is 0 Å². The molecule has 2 heterocycles. The van der Waals surface area contributed by atoms with Crippen molar-refractivity contribution in [2.24, 2.45) is 0 Å². The van der Waals surface area contributed by atoms with Gasteiger partial charge in [-0.25, -0.2) is 4.79 Å². The van der Waals surface area contributed by atoms with E-state index in [9.17, 15) is 4.79 Å². The maximum Gasteiger partial charge on any atom is 0.326 e. The molecule has 0 saturated carbocycles. The van der Waals surface area contributed by atoms with Gasteiger partial charge in [-0.1, -0.05) is 31.7 Å². The average molecular weight is 271 g/mol. The van der Waals surface area contributed by atoms with E-state index >= 15 is 0 Å².